The number of carbonyl (C=O) groups is 1. The van der Waals surface area contributed by atoms with Crippen LogP contribution in [0.4, 0.5) is 5.69 Å². The molecule has 18 heavy (non-hydrogen) atoms. The summed E-state index contributed by atoms with van der Waals surface area (Å²) >= 11 is 0. The number of anilines is 1. The van der Waals surface area contributed by atoms with Gasteiger partial charge >= 0.3 is 0 Å². The van der Waals surface area contributed by atoms with Gasteiger partial charge in [0, 0.05) is 19.3 Å². The van der Waals surface area contributed by atoms with Crippen molar-refractivity contribution in [2.45, 2.75) is 25.4 Å². The van der Waals surface area contributed by atoms with Gasteiger partial charge in [0.15, 0.2) is 0 Å². The number of nitrogen functional groups attached to an aromatic ring is 1. The molecule has 1 saturated carbocycles. The molecule has 1 amide bonds. The first kappa shape index (κ1) is 11.5. The molecular weight excluding hydrogens is 228 g/mol. The van der Waals surface area contributed by atoms with Crippen molar-refractivity contribution in [3.8, 4) is 0 Å². The number of hydrogen-bond acceptors (Lipinski definition) is 3. The van der Waals surface area contributed by atoms with E-state index in [4.69, 9.17) is 10.5 Å². The van der Waals surface area contributed by atoms with Crippen LogP contribution in [-0.4, -0.2) is 30.6 Å². The minimum atomic E-state index is 0.0667. The Bertz CT molecular complexity index is 483. The smallest absolute Gasteiger partial charge is 0.256 e. The zero-order chi connectivity index (χ0) is 12.7. The number of nitrogens with two attached hydrogens (primary N) is 1. The van der Waals surface area contributed by atoms with Crippen LogP contribution >= 0.6 is 0 Å². The number of carbonyl (C=O) groups excluding carboxylic acids is 1. The second-order valence-corrected chi connectivity index (χ2v) is 5.17. The first-order chi connectivity index (χ1) is 8.72. The average molecular weight is 246 g/mol. The third kappa shape index (κ3) is 1.77. The molecule has 3 rings (SSSR count). The fourth-order valence-electron chi connectivity index (χ4n) is 2.81. The molecule has 1 aliphatic carbocycles. The van der Waals surface area contributed by atoms with Crippen molar-refractivity contribution in [3.63, 3.8) is 0 Å². The van der Waals surface area contributed by atoms with E-state index in [0.29, 0.717) is 30.3 Å². The van der Waals surface area contributed by atoms with Crippen LogP contribution in [0.2, 0.25) is 0 Å². The van der Waals surface area contributed by atoms with E-state index in [-0.39, 0.29) is 11.9 Å². The van der Waals surface area contributed by atoms with E-state index in [1.54, 1.807) is 13.2 Å². The lowest BCUT2D eigenvalue weighted by Gasteiger charge is -2.27. The molecule has 1 aliphatic heterocycles. The Kier molecular flexibility index (Phi) is 2.74. The van der Waals surface area contributed by atoms with Gasteiger partial charge in [0.05, 0.1) is 18.2 Å². The van der Waals surface area contributed by atoms with E-state index in [0.717, 1.165) is 5.56 Å². The first-order valence-electron chi connectivity index (χ1n) is 6.39. The second-order valence-electron chi connectivity index (χ2n) is 5.17. The van der Waals surface area contributed by atoms with Gasteiger partial charge in [0.25, 0.3) is 5.91 Å². The maximum absolute atomic E-state index is 12.5. The number of fused-ring (bicyclic) bond motifs is 1. The van der Waals surface area contributed by atoms with E-state index < -0.39 is 0 Å². The van der Waals surface area contributed by atoms with Crippen LogP contribution in [-0.2, 0) is 11.3 Å². The molecule has 0 saturated heterocycles. The average Bonchev–Trinajstić information content (AvgIpc) is 3.12. The van der Waals surface area contributed by atoms with Gasteiger partial charge in [-0.15, -0.1) is 0 Å². The summed E-state index contributed by atoms with van der Waals surface area (Å²) in [5.74, 6) is 0.668. The molecule has 2 aliphatic rings. The quantitative estimate of drug-likeness (QED) is 0.822. The third-order valence-electron chi connectivity index (χ3n) is 3.90. The number of ether oxygens (including phenoxy) is 1. The van der Waals surface area contributed by atoms with Gasteiger partial charge in [0.2, 0.25) is 0 Å². The van der Waals surface area contributed by atoms with Gasteiger partial charge in [-0.2, -0.15) is 0 Å². The Morgan fingerprint density at radius 2 is 2.28 bits per heavy atom. The summed E-state index contributed by atoms with van der Waals surface area (Å²) in [6.07, 6.45) is 2.40. The summed E-state index contributed by atoms with van der Waals surface area (Å²) in [6.45, 7) is 1.29. The Morgan fingerprint density at radius 3 is 2.89 bits per heavy atom. The van der Waals surface area contributed by atoms with Gasteiger partial charge in [-0.3, -0.25) is 4.79 Å². The topological polar surface area (TPSA) is 55.6 Å². The molecule has 1 atom stereocenters. The second kappa shape index (κ2) is 4.28. The van der Waals surface area contributed by atoms with Crippen LogP contribution in [0.3, 0.4) is 0 Å². The van der Waals surface area contributed by atoms with Crippen molar-refractivity contribution < 1.29 is 9.53 Å². The zero-order valence-corrected chi connectivity index (χ0v) is 10.6. The van der Waals surface area contributed by atoms with Crippen molar-refractivity contribution >= 4 is 11.6 Å². The van der Waals surface area contributed by atoms with Crippen LogP contribution in [0.1, 0.15) is 28.8 Å². The number of hydrogen-bond donors (Lipinski definition) is 1. The highest BCUT2D eigenvalue weighted by Crippen LogP contribution is 2.39. The molecular formula is C14H18N2O2. The molecule has 1 heterocycles. The van der Waals surface area contributed by atoms with Gasteiger partial charge in [-0.25, -0.2) is 0 Å². The number of amides is 1. The van der Waals surface area contributed by atoms with Gasteiger partial charge < -0.3 is 15.4 Å². The maximum atomic E-state index is 12.5. The number of methoxy groups -OCH3 is 1. The molecule has 4 nitrogen and oxygen atoms in total. The molecule has 2 N–H and O–H groups in total. The van der Waals surface area contributed by atoms with Crippen LogP contribution in [0.15, 0.2) is 18.2 Å². The zero-order valence-electron chi connectivity index (χ0n) is 10.6. The minimum absolute atomic E-state index is 0.0667. The number of rotatable bonds is 4. The van der Waals surface area contributed by atoms with Gasteiger partial charge in [-0.1, -0.05) is 12.1 Å². The lowest BCUT2D eigenvalue weighted by atomic mass is 10.1. The largest absolute Gasteiger partial charge is 0.398 e. The Labute approximate surface area is 107 Å². The highest BCUT2D eigenvalue weighted by Gasteiger charge is 2.41. The van der Waals surface area contributed by atoms with Crippen LogP contribution in [0.25, 0.3) is 0 Å². The van der Waals surface area contributed by atoms with Crippen molar-refractivity contribution in [2.24, 2.45) is 5.92 Å². The van der Waals surface area contributed by atoms with Crippen molar-refractivity contribution in [1.82, 2.24) is 4.90 Å². The third-order valence-corrected chi connectivity index (χ3v) is 3.90. The fourth-order valence-corrected chi connectivity index (χ4v) is 2.81. The fraction of sp³-hybridized carbons (Fsp3) is 0.500. The lowest BCUT2D eigenvalue weighted by molar-refractivity contribution is 0.0507. The molecule has 0 aromatic heterocycles. The predicted octanol–water partition coefficient (Wildman–Crippen LogP) is 1.65. The minimum Gasteiger partial charge on any atom is -0.398 e. The van der Waals surface area contributed by atoms with E-state index in [2.05, 4.69) is 0 Å². The van der Waals surface area contributed by atoms with E-state index in [1.807, 2.05) is 17.0 Å². The monoisotopic (exact) mass is 246 g/mol. The molecule has 0 bridgehead atoms. The SMILES string of the molecule is COCC(C1CC1)N1Cc2cccc(N)c2C1=O. The molecule has 4 heteroatoms. The van der Waals surface area contributed by atoms with Crippen molar-refractivity contribution in [2.75, 3.05) is 19.5 Å². The summed E-state index contributed by atoms with van der Waals surface area (Å²) in [5, 5.41) is 0. The van der Waals surface area contributed by atoms with Gasteiger partial charge in [-0.05, 0) is 30.4 Å². The lowest BCUT2D eigenvalue weighted by Crippen LogP contribution is -2.40. The van der Waals surface area contributed by atoms with E-state index >= 15 is 0 Å². The van der Waals surface area contributed by atoms with Crippen molar-refractivity contribution in [1.29, 1.82) is 0 Å². The molecule has 1 aromatic rings. The summed E-state index contributed by atoms with van der Waals surface area (Å²) in [4.78, 5) is 14.4. The Morgan fingerprint density at radius 1 is 1.50 bits per heavy atom. The van der Waals surface area contributed by atoms with Crippen LogP contribution in [0.5, 0.6) is 0 Å². The summed E-state index contributed by atoms with van der Waals surface area (Å²) in [5.41, 5.74) is 8.24. The molecule has 1 unspecified atom stereocenters. The Balaban J connectivity index is 1.89. The van der Waals surface area contributed by atoms with Crippen molar-refractivity contribution in [3.05, 3.63) is 29.3 Å². The molecule has 1 fully saturated rings. The van der Waals surface area contributed by atoms with E-state index in [1.165, 1.54) is 12.8 Å². The predicted molar refractivity (Wildman–Crippen MR) is 69.1 cm³/mol. The van der Waals surface area contributed by atoms with Crippen LogP contribution in [0, 0.1) is 5.92 Å². The summed E-state index contributed by atoms with van der Waals surface area (Å²) < 4.78 is 5.27. The number of benzene rings is 1. The molecule has 0 spiro atoms. The van der Waals surface area contributed by atoms with Crippen LogP contribution < -0.4 is 5.73 Å². The summed E-state index contributed by atoms with van der Waals surface area (Å²) in [6, 6.07) is 5.89. The van der Waals surface area contributed by atoms with E-state index in [9.17, 15) is 4.79 Å². The standard InChI is InChI=1S/C14H18N2O2/c1-18-8-12(9-5-6-9)16-7-10-3-2-4-11(15)13(10)14(16)17/h2-4,9,12H,5-8,15H2,1H3. The highest BCUT2D eigenvalue weighted by molar-refractivity contribution is 6.03. The Hall–Kier alpha value is -1.55. The van der Waals surface area contributed by atoms with Gasteiger partial charge in [0.1, 0.15) is 0 Å². The maximum Gasteiger partial charge on any atom is 0.256 e. The number of nitrogens with zero attached hydrogens (tertiary/aromatic N) is 1. The summed E-state index contributed by atoms with van der Waals surface area (Å²) in [7, 11) is 1.69. The normalized spacial score (nSPS) is 20.1. The molecule has 1 aromatic carbocycles. The molecule has 96 valence electrons. The highest BCUT2D eigenvalue weighted by atomic mass is 16.5. The first-order valence-corrected chi connectivity index (χ1v) is 6.39. The molecule has 0 radical (unpaired) electrons.